The molecule has 20 rings (SSSR count). The molecule has 0 fully saturated rings. The first-order valence-electron chi connectivity index (χ1n) is 33.6. The Morgan fingerprint density at radius 1 is 0.340 bits per heavy atom. The molecule has 0 unspecified atom stereocenters. The van der Waals surface area contributed by atoms with Crippen molar-refractivity contribution in [2.45, 2.75) is 7.43 Å². The first-order chi connectivity index (χ1) is 50.5. The number of aromatic amines is 1. The van der Waals surface area contributed by atoms with E-state index in [1.165, 1.54) is 76.2 Å². The van der Waals surface area contributed by atoms with Crippen LogP contribution in [-0.2, 0) is 0 Å². The quantitative estimate of drug-likeness (QED) is 0.126. The van der Waals surface area contributed by atoms with Gasteiger partial charge in [-0.15, -0.1) is 12.8 Å². The molecule has 0 aliphatic rings. The van der Waals surface area contributed by atoms with E-state index >= 15 is 0 Å². The molecule has 13 heteroatoms. The van der Waals surface area contributed by atoms with Crippen molar-refractivity contribution in [3.8, 4) is 75.7 Å². The molecule has 6 heterocycles. The average molecular weight is 1370 g/mol. The summed E-state index contributed by atoms with van der Waals surface area (Å²) < 4.78 is 22.6. The third-order valence-corrected chi connectivity index (χ3v) is 18.5. The molecule has 0 aliphatic carbocycles. The molecule has 0 saturated carbocycles. The Labute approximate surface area is 624 Å². The third-order valence-electron chi connectivity index (χ3n) is 18.4. The molecular formula is C90H65ClFN10Na. The molecule has 0 radical (unpaired) electrons. The summed E-state index contributed by atoms with van der Waals surface area (Å²) in [5.74, 6) is 3.02. The van der Waals surface area contributed by atoms with Gasteiger partial charge in [0, 0.05) is 81.6 Å². The molecule has 0 spiro atoms. The Bertz CT molecular complexity index is 6380. The van der Waals surface area contributed by atoms with Crippen LogP contribution < -0.4 is 29.6 Å². The van der Waals surface area contributed by atoms with Crippen molar-refractivity contribution in [2.24, 2.45) is 0 Å². The number of alkyl halides is 1. The normalized spacial score (nSPS) is 11.1. The zero-order chi connectivity index (χ0) is 69.0. The maximum absolute atomic E-state index is 9.96. The molecule has 6 aromatic heterocycles. The van der Waals surface area contributed by atoms with Crippen LogP contribution in [0.5, 0.6) is 0 Å². The first kappa shape index (κ1) is 66.5. The van der Waals surface area contributed by atoms with Crippen LogP contribution in [0, 0.1) is 12.8 Å². The van der Waals surface area contributed by atoms with Crippen LogP contribution in [-0.4, -0.2) is 55.7 Å². The number of benzene rings is 14. The number of fused-ring (bicyclic) bond motifs is 16. The van der Waals surface area contributed by atoms with Crippen LogP contribution in [0.3, 0.4) is 0 Å². The molecule has 14 aromatic carbocycles. The Hall–Kier alpha value is -12.4. The first-order valence-corrected chi connectivity index (χ1v) is 33.3. The molecule has 0 atom stereocenters. The summed E-state index contributed by atoms with van der Waals surface area (Å²) in [6.45, 7) is 0. The zero-order valence-corrected chi connectivity index (χ0v) is 58.1. The summed E-state index contributed by atoms with van der Waals surface area (Å²) in [7, 11) is -1.00. The molecule has 10 nitrogen and oxygen atoms in total. The maximum atomic E-state index is 9.96. The molecule has 0 amide bonds. The smallest absolute Gasteiger partial charge is 1.00 e. The van der Waals surface area contributed by atoms with E-state index in [0.29, 0.717) is 29.2 Å². The second-order valence-corrected chi connectivity index (χ2v) is 24.3. The van der Waals surface area contributed by atoms with Crippen LogP contribution in [0.1, 0.15) is 10.2 Å². The van der Waals surface area contributed by atoms with Crippen LogP contribution in [0.15, 0.2) is 328 Å². The number of rotatable bonds is 7. The van der Waals surface area contributed by atoms with Gasteiger partial charge in [-0.25, -0.2) is 9.97 Å². The summed E-state index contributed by atoms with van der Waals surface area (Å²) >= 11 is 5.99. The van der Waals surface area contributed by atoms with Crippen LogP contribution in [0.2, 0.25) is 5.28 Å². The fraction of sp³-hybridized carbons (Fsp3) is 0.0222. The SMILES string of the molecule is C.C#C.Clc1nc(-c2ccccc2)nc(-c2ccccc2)n1.[2H]CF.[H-].[Na+].c1ccc(-c2nc(-c3ccccc3)nc(-n3c4ccccc4c4ccc5c(c6ccccc6n5-c5cccc6ccccc56)c43)n2)cc1.c1ccc2c(-n3c4ccccc4c4c5[nH]c6ccccc6c5ccc43)cccc2c1. The van der Waals surface area contributed by atoms with Crippen LogP contribution >= 0.6 is 11.6 Å². The maximum Gasteiger partial charge on any atom is 1.00 e. The third kappa shape index (κ3) is 12.4. The van der Waals surface area contributed by atoms with Gasteiger partial charge in [-0.3, -0.25) is 8.96 Å². The molecule has 0 bridgehead atoms. The van der Waals surface area contributed by atoms with Gasteiger partial charge in [0.25, 0.3) is 0 Å². The number of nitrogens with one attached hydrogen (secondary N) is 1. The van der Waals surface area contributed by atoms with Gasteiger partial charge in [0.2, 0.25) is 11.2 Å². The zero-order valence-electron chi connectivity index (χ0n) is 57.3. The molecule has 20 aromatic rings. The van der Waals surface area contributed by atoms with E-state index in [2.05, 4.69) is 277 Å². The van der Waals surface area contributed by atoms with Crippen molar-refractivity contribution < 1.29 is 36.7 Å². The fourth-order valence-electron chi connectivity index (χ4n) is 14.1. The monoisotopic (exact) mass is 1360 g/mol. The van der Waals surface area contributed by atoms with Gasteiger partial charge < -0.3 is 15.5 Å². The number of H-pyrrole nitrogens is 1. The van der Waals surface area contributed by atoms with Crippen LogP contribution in [0.4, 0.5) is 4.39 Å². The minimum Gasteiger partial charge on any atom is -1.00 e. The molecule has 0 aliphatic heterocycles. The molecule has 0 saturated heterocycles. The van der Waals surface area contributed by atoms with Crippen molar-refractivity contribution in [3.05, 3.63) is 333 Å². The van der Waals surface area contributed by atoms with E-state index in [9.17, 15) is 4.39 Å². The number of halogens is 2. The summed E-state index contributed by atoms with van der Waals surface area (Å²) in [5, 5.41) is 14.9. The van der Waals surface area contributed by atoms with Gasteiger partial charge in [0.05, 0.1) is 58.5 Å². The molecule has 1 N–H and O–H groups in total. The second kappa shape index (κ2) is 29.8. The number of para-hydroxylation sites is 4. The fourth-order valence-corrected chi connectivity index (χ4v) is 14.3. The van der Waals surface area contributed by atoms with Gasteiger partial charge in [-0.1, -0.05) is 286 Å². The minimum absolute atomic E-state index is 0. The Balaban J connectivity index is 0.000000147. The van der Waals surface area contributed by atoms with E-state index in [1.807, 2.05) is 97.1 Å². The second-order valence-electron chi connectivity index (χ2n) is 24.0. The van der Waals surface area contributed by atoms with Gasteiger partial charge in [0.15, 0.2) is 23.3 Å². The standard InChI is InChI=1S/C43H27N5.C28H18N2.C15H10ClN3.C2H2.CH3F.CH4.Na.H/c1-3-15-29(16-4-1)41-44-42(30-17-5-2-6-18-30)46-43(45-41)48-36-23-11-9-21-32(36)33-26-27-38-39(40(33)48)34-22-10-12-24-37(34)47(38)35-25-13-19-28-14-7-8-20-31(28)35;1-2-10-19-18(8-1)9-7-15-24(19)30-25-14-6-4-12-22(25)27-26(30)17-16-21-20-11-3-5-13-23(20)29-28(21)27;16-15-18-13(11-7-3-1-4-8-11)17-14(19-15)12-9-5-2-6-10-12;2*1-2;;;/h1-27H;1-17,29H;1-10H;1-2H;1H3;1H4;;/q;;;;;;+1;-1/i;;;;1D;;;. The van der Waals surface area contributed by atoms with Crippen molar-refractivity contribution >= 4 is 120 Å². The Morgan fingerprint density at radius 3 is 1.17 bits per heavy atom. The summed E-state index contributed by atoms with van der Waals surface area (Å²) in [6, 6.07) is 114. The number of hydrogen-bond donors (Lipinski definition) is 1. The number of nitrogens with zero attached hydrogens (tertiary/aromatic N) is 9. The number of terminal acetylenes is 1. The summed E-state index contributed by atoms with van der Waals surface area (Å²) in [5.41, 5.74) is 15.4. The van der Waals surface area contributed by atoms with Crippen molar-refractivity contribution in [3.63, 3.8) is 0 Å². The van der Waals surface area contributed by atoms with Crippen molar-refractivity contribution in [2.75, 3.05) is 7.15 Å². The van der Waals surface area contributed by atoms with E-state index in [0.717, 1.165) is 66.2 Å². The van der Waals surface area contributed by atoms with Gasteiger partial charge >= 0.3 is 29.6 Å². The predicted molar refractivity (Wildman–Crippen MR) is 425 cm³/mol. The van der Waals surface area contributed by atoms with Gasteiger partial charge in [0.1, 0.15) is 0 Å². The van der Waals surface area contributed by atoms with Crippen LogP contribution in [0.25, 0.3) is 172 Å². The number of hydrogen-bond acceptors (Lipinski definition) is 6. The van der Waals surface area contributed by atoms with E-state index in [4.69, 9.17) is 27.9 Å². The van der Waals surface area contributed by atoms with E-state index in [1.54, 1.807) is 0 Å². The van der Waals surface area contributed by atoms with E-state index in [-0.39, 0.29) is 43.7 Å². The van der Waals surface area contributed by atoms with Gasteiger partial charge in [-0.05, 0) is 70.9 Å². The summed E-state index contributed by atoms with van der Waals surface area (Å²) in [6.07, 6.45) is 8.00. The van der Waals surface area contributed by atoms with E-state index < -0.39 is 7.15 Å². The Morgan fingerprint density at radius 2 is 0.689 bits per heavy atom. The molecule has 490 valence electrons. The Kier molecular flexibility index (Phi) is 19.2. The average Bonchev–Trinajstić information content (AvgIpc) is 1.56. The summed E-state index contributed by atoms with van der Waals surface area (Å²) in [4.78, 5) is 31.9. The van der Waals surface area contributed by atoms with Gasteiger partial charge in [-0.2, -0.15) is 19.9 Å². The largest absolute Gasteiger partial charge is 1.00 e. The topological polar surface area (TPSA) is 108 Å². The molecular weight excluding hydrogens is 1300 g/mol. The van der Waals surface area contributed by atoms with Crippen molar-refractivity contribution in [1.82, 2.24) is 48.6 Å². The van der Waals surface area contributed by atoms with Crippen molar-refractivity contribution in [1.29, 1.82) is 0 Å². The minimum atomic E-state index is -1.00. The number of aromatic nitrogens is 10. The predicted octanol–water partition coefficient (Wildman–Crippen LogP) is 20.6. The molecule has 103 heavy (non-hydrogen) atoms.